The Morgan fingerprint density at radius 1 is 1.12 bits per heavy atom. The van der Waals surface area contributed by atoms with Crippen molar-refractivity contribution in [3.8, 4) is 5.75 Å². The Kier molecular flexibility index (Phi) is 5.36. The first kappa shape index (κ1) is 22.5. The second-order valence-corrected chi connectivity index (χ2v) is 9.97. The largest absolute Gasteiger partial charge is 0.522 e. The van der Waals surface area contributed by atoms with Crippen LogP contribution in [0.2, 0.25) is 0 Å². The van der Waals surface area contributed by atoms with Gasteiger partial charge in [0.1, 0.15) is 12.4 Å². The fourth-order valence-corrected chi connectivity index (χ4v) is 5.56. The van der Waals surface area contributed by atoms with Crippen LogP contribution in [0.1, 0.15) is 49.7 Å². The molecule has 4 saturated carbocycles. The highest BCUT2D eigenvalue weighted by Gasteiger charge is 2.69. The molecule has 0 unspecified atom stereocenters. The lowest BCUT2D eigenvalue weighted by molar-refractivity contribution is -0.357. The average Bonchev–Trinajstić information content (AvgIpc) is 2.65. The monoisotopic (exact) mass is 468 g/mol. The van der Waals surface area contributed by atoms with E-state index in [0.717, 1.165) is 17.7 Å². The molecule has 4 fully saturated rings. The van der Waals surface area contributed by atoms with Gasteiger partial charge in [-0.2, -0.15) is 0 Å². The van der Waals surface area contributed by atoms with Gasteiger partial charge >= 0.3 is 6.36 Å². The lowest BCUT2D eigenvalue weighted by Gasteiger charge is -2.70. The molecular formula is C23H27F3N2O5. The van der Waals surface area contributed by atoms with Crippen LogP contribution in [0, 0.1) is 6.92 Å². The molecule has 0 saturated heterocycles. The van der Waals surface area contributed by atoms with E-state index in [2.05, 4.69) is 21.4 Å². The summed E-state index contributed by atoms with van der Waals surface area (Å²) < 4.78 is 51.6. The summed E-state index contributed by atoms with van der Waals surface area (Å²) in [5.41, 5.74) is 1.67. The second kappa shape index (κ2) is 7.87. The Bertz CT molecular complexity index is 940. The van der Waals surface area contributed by atoms with Crippen LogP contribution < -0.4 is 15.4 Å². The van der Waals surface area contributed by atoms with Crippen molar-refractivity contribution >= 4 is 11.8 Å². The molecule has 5 aliphatic rings. The minimum Gasteiger partial charge on any atom is -0.480 e. The van der Waals surface area contributed by atoms with Crippen LogP contribution in [0.5, 0.6) is 5.75 Å². The van der Waals surface area contributed by atoms with E-state index in [4.69, 9.17) is 9.47 Å². The van der Waals surface area contributed by atoms with E-state index in [1.54, 1.807) is 0 Å². The molecule has 2 amide bonds. The van der Waals surface area contributed by atoms with E-state index < -0.39 is 24.7 Å². The van der Waals surface area contributed by atoms with E-state index in [1.807, 2.05) is 19.1 Å². The van der Waals surface area contributed by atoms with Crippen LogP contribution in [0.15, 0.2) is 18.2 Å². The fourth-order valence-electron chi connectivity index (χ4n) is 5.56. The lowest BCUT2D eigenvalue weighted by Crippen LogP contribution is -2.84. The predicted molar refractivity (Wildman–Crippen MR) is 109 cm³/mol. The average molecular weight is 468 g/mol. The summed E-state index contributed by atoms with van der Waals surface area (Å²) in [5, 5.41) is 6.06. The lowest BCUT2D eigenvalue weighted by atomic mass is 9.44. The van der Waals surface area contributed by atoms with E-state index in [-0.39, 0.29) is 42.3 Å². The van der Waals surface area contributed by atoms with Gasteiger partial charge in [0, 0.05) is 23.9 Å². The summed E-state index contributed by atoms with van der Waals surface area (Å²) in [7, 11) is 0. The number of ether oxygens (including phenoxy) is 3. The first-order chi connectivity index (χ1) is 15.5. The number of alkyl halides is 3. The molecule has 2 bridgehead atoms. The van der Waals surface area contributed by atoms with Crippen molar-refractivity contribution in [2.45, 2.75) is 87.6 Å². The van der Waals surface area contributed by atoms with Gasteiger partial charge in [0.05, 0.1) is 12.2 Å². The molecule has 2 N–H and O–H groups in total. The van der Waals surface area contributed by atoms with Gasteiger partial charge in [0.15, 0.2) is 6.10 Å². The van der Waals surface area contributed by atoms with Gasteiger partial charge in [-0.05, 0) is 50.7 Å². The first-order valence-corrected chi connectivity index (χ1v) is 11.3. The zero-order valence-electron chi connectivity index (χ0n) is 18.3. The minimum atomic E-state index is -4.64. The Morgan fingerprint density at radius 3 is 2.52 bits per heavy atom. The van der Waals surface area contributed by atoms with Gasteiger partial charge in [0.25, 0.3) is 5.91 Å². The van der Waals surface area contributed by atoms with Gasteiger partial charge in [-0.3, -0.25) is 14.3 Å². The van der Waals surface area contributed by atoms with Crippen molar-refractivity contribution in [1.29, 1.82) is 0 Å². The van der Waals surface area contributed by atoms with Gasteiger partial charge in [-0.25, -0.2) is 0 Å². The highest BCUT2D eigenvalue weighted by atomic mass is 19.4. The zero-order chi connectivity index (χ0) is 23.4. The number of halogens is 3. The summed E-state index contributed by atoms with van der Waals surface area (Å²) in [6, 6.07) is 5.96. The number of aryl methyl sites for hydroxylation is 2. The molecule has 33 heavy (non-hydrogen) atoms. The maximum atomic E-state index is 12.7. The van der Waals surface area contributed by atoms with Crippen molar-refractivity contribution in [3.63, 3.8) is 0 Å². The van der Waals surface area contributed by atoms with Crippen LogP contribution >= 0.6 is 0 Å². The number of carbonyl (C=O) groups is 2. The van der Waals surface area contributed by atoms with Crippen LogP contribution in [0.25, 0.3) is 0 Å². The Balaban J connectivity index is 1.01. The van der Waals surface area contributed by atoms with Crippen molar-refractivity contribution in [2.75, 3.05) is 6.61 Å². The smallest absolute Gasteiger partial charge is 0.480 e. The summed E-state index contributed by atoms with van der Waals surface area (Å²) in [6.45, 7) is 1.83. The molecule has 1 aromatic rings. The Hall–Kier alpha value is -2.33. The third-order valence-corrected chi connectivity index (χ3v) is 7.08. The van der Waals surface area contributed by atoms with Crippen LogP contribution in [-0.4, -0.2) is 54.2 Å². The van der Waals surface area contributed by atoms with Crippen LogP contribution in [0.3, 0.4) is 0 Å². The minimum absolute atomic E-state index is 0.121. The molecule has 0 aromatic heterocycles. The number of rotatable bonds is 7. The molecule has 6 rings (SSSR count). The van der Waals surface area contributed by atoms with Gasteiger partial charge in [-0.1, -0.05) is 17.7 Å². The van der Waals surface area contributed by atoms with Crippen molar-refractivity contribution in [3.05, 3.63) is 29.3 Å². The number of nitrogens with one attached hydrogen (secondary N) is 2. The number of carbonyl (C=O) groups excluding carboxylic acids is 2. The highest BCUT2D eigenvalue weighted by Crippen LogP contribution is 2.60. The molecule has 0 spiro atoms. The molecule has 1 aliphatic heterocycles. The highest BCUT2D eigenvalue weighted by molar-refractivity contribution is 5.84. The third kappa shape index (κ3) is 4.68. The molecule has 0 radical (unpaired) electrons. The number of fused-ring (bicyclic) bond motifs is 1. The molecule has 1 heterocycles. The van der Waals surface area contributed by atoms with Crippen LogP contribution in [-0.2, 0) is 25.5 Å². The fraction of sp³-hybridized carbons (Fsp3) is 0.652. The van der Waals surface area contributed by atoms with Crippen LogP contribution in [0.4, 0.5) is 13.2 Å². The molecule has 7 nitrogen and oxygen atoms in total. The number of amides is 2. The second-order valence-electron chi connectivity index (χ2n) is 9.97. The number of benzene rings is 1. The molecule has 4 aliphatic carbocycles. The summed E-state index contributed by atoms with van der Waals surface area (Å²) in [6.07, 6.45) is -2.80. The molecule has 180 valence electrons. The van der Waals surface area contributed by atoms with E-state index in [0.29, 0.717) is 25.7 Å². The molecular weight excluding hydrogens is 441 g/mol. The zero-order valence-corrected chi connectivity index (χ0v) is 18.3. The summed E-state index contributed by atoms with van der Waals surface area (Å²) >= 11 is 0. The van der Waals surface area contributed by atoms with E-state index in [1.165, 1.54) is 5.56 Å². The first-order valence-electron chi connectivity index (χ1n) is 11.3. The molecule has 1 aromatic carbocycles. The normalized spacial score (nSPS) is 34.0. The van der Waals surface area contributed by atoms with Crippen molar-refractivity contribution in [1.82, 2.24) is 10.6 Å². The maximum absolute atomic E-state index is 12.7. The standard InChI is InChI=1S/C23H27F3N2O5/c1-13-2-4-17-14(6-13)3-5-18(32-17)20(30)28-22-10-21(11-22,12-22)27-19(29)9-31-15-7-16(8-15)33-23(24,25)26/h2,4,6,15-16,18H,3,5,7-12H2,1H3,(H,27,29)(H,28,30)/t15-,16+,18-,21?,22?/m0/s1. The topological polar surface area (TPSA) is 85.9 Å². The van der Waals surface area contributed by atoms with E-state index >= 15 is 0 Å². The van der Waals surface area contributed by atoms with Gasteiger partial charge in [-0.15, -0.1) is 13.2 Å². The van der Waals surface area contributed by atoms with E-state index in [9.17, 15) is 22.8 Å². The summed E-state index contributed by atoms with van der Waals surface area (Å²) in [5.74, 6) is 0.346. The Labute approximate surface area is 189 Å². The van der Waals surface area contributed by atoms with Gasteiger partial charge in [0.2, 0.25) is 5.91 Å². The predicted octanol–water partition coefficient (Wildman–Crippen LogP) is 2.68. The molecule has 10 heteroatoms. The SMILES string of the molecule is Cc1ccc2c(c1)CC[C@@H](C(=O)NC13CC(NC(=O)CO[C@H]4C[C@@H](OC(F)(F)F)C4)(C1)C3)O2. The number of hydrogen-bond donors (Lipinski definition) is 2. The van der Waals surface area contributed by atoms with Gasteiger partial charge < -0.3 is 20.1 Å². The molecule has 1 atom stereocenters. The quantitative estimate of drug-likeness (QED) is 0.643. The maximum Gasteiger partial charge on any atom is 0.522 e. The van der Waals surface area contributed by atoms with Crippen molar-refractivity contribution in [2.24, 2.45) is 0 Å². The third-order valence-electron chi connectivity index (χ3n) is 7.08. The Morgan fingerprint density at radius 2 is 1.82 bits per heavy atom. The summed E-state index contributed by atoms with van der Waals surface area (Å²) in [4.78, 5) is 24.9. The number of hydrogen-bond acceptors (Lipinski definition) is 5. The van der Waals surface area contributed by atoms with Crippen molar-refractivity contribution < 1.29 is 37.0 Å².